The molecular weight excluding hydrogens is 216 g/mol. The molecule has 17 heavy (non-hydrogen) atoms. The van der Waals surface area contributed by atoms with Gasteiger partial charge in [-0.05, 0) is 41.0 Å². The van der Waals surface area contributed by atoms with Crippen LogP contribution < -0.4 is 5.32 Å². The van der Waals surface area contributed by atoms with Crippen LogP contribution in [0.2, 0.25) is 0 Å². The molecule has 0 spiro atoms. The maximum atomic E-state index is 8.89. The van der Waals surface area contributed by atoms with Crippen LogP contribution in [-0.4, -0.2) is 37.5 Å². The third kappa shape index (κ3) is 11.6. The Morgan fingerprint density at radius 2 is 1.82 bits per heavy atom. The summed E-state index contributed by atoms with van der Waals surface area (Å²) in [5.41, 5.74) is -0.113. The lowest BCUT2D eigenvalue weighted by atomic mass is 10.2. The maximum absolute atomic E-state index is 8.89. The number of nitriles is 1. The quantitative estimate of drug-likeness (QED) is 0.662. The SMILES string of the molecule is CC(C)NC(C#N)CCOCCOC(C)(C)C. The van der Waals surface area contributed by atoms with E-state index >= 15 is 0 Å². The Morgan fingerprint density at radius 3 is 2.29 bits per heavy atom. The highest BCUT2D eigenvalue weighted by Gasteiger charge is 2.10. The summed E-state index contributed by atoms with van der Waals surface area (Å²) in [6.45, 7) is 11.9. The second-order valence-electron chi connectivity index (χ2n) is 5.36. The molecule has 4 heteroatoms. The topological polar surface area (TPSA) is 54.3 Å². The van der Waals surface area contributed by atoms with Crippen molar-refractivity contribution in [2.45, 2.75) is 58.7 Å². The molecule has 0 aromatic carbocycles. The van der Waals surface area contributed by atoms with Gasteiger partial charge in [0.1, 0.15) is 0 Å². The van der Waals surface area contributed by atoms with Crippen LogP contribution in [0.3, 0.4) is 0 Å². The highest BCUT2D eigenvalue weighted by atomic mass is 16.5. The van der Waals surface area contributed by atoms with Crippen molar-refractivity contribution >= 4 is 0 Å². The molecule has 0 amide bonds. The number of ether oxygens (including phenoxy) is 2. The number of hydrogen-bond acceptors (Lipinski definition) is 4. The first-order valence-corrected chi connectivity index (χ1v) is 6.22. The van der Waals surface area contributed by atoms with E-state index in [0.717, 1.165) is 0 Å². The van der Waals surface area contributed by atoms with Gasteiger partial charge in [-0.3, -0.25) is 5.32 Å². The van der Waals surface area contributed by atoms with Gasteiger partial charge in [-0.25, -0.2) is 0 Å². The standard InChI is InChI=1S/C13H26N2O2/c1-11(2)15-12(10-14)6-7-16-8-9-17-13(3,4)5/h11-12,15H,6-9H2,1-5H3. The molecule has 0 saturated carbocycles. The molecule has 4 nitrogen and oxygen atoms in total. The normalized spacial score (nSPS) is 13.7. The fourth-order valence-corrected chi connectivity index (χ4v) is 1.30. The molecule has 0 fully saturated rings. The Bertz CT molecular complexity index is 229. The molecule has 0 radical (unpaired) electrons. The van der Waals surface area contributed by atoms with E-state index in [0.29, 0.717) is 32.3 Å². The Balaban J connectivity index is 3.47. The van der Waals surface area contributed by atoms with Crippen molar-refractivity contribution in [2.24, 2.45) is 0 Å². The number of rotatable bonds is 8. The van der Waals surface area contributed by atoms with Crippen LogP contribution in [0.25, 0.3) is 0 Å². The van der Waals surface area contributed by atoms with E-state index in [9.17, 15) is 0 Å². The molecule has 1 N–H and O–H groups in total. The van der Waals surface area contributed by atoms with Crippen molar-refractivity contribution in [3.63, 3.8) is 0 Å². The molecule has 1 atom stereocenters. The molecule has 0 bridgehead atoms. The van der Waals surface area contributed by atoms with Crippen molar-refractivity contribution in [2.75, 3.05) is 19.8 Å². The maximum Gasteiger partial charge on any atom is 0.0976 e. The monoisotopic (exact) mass is 242 g/mol. The van der Waals surface area contributed by atoms with E-state index in [2.05, 4.69) is 11.4 Å². The van der Waals surface area contributed by atoms with Crippen molar-refractivity contribution in [1.29, 1.82) is 5.26 Å². The van der Waals surface area contributed by atoms with Gasteiger partial charge in [0, 0.05) is 12.6 Å². The van der Waals surface area contributed by atoms with E-state index < -0.39 is 0 Å². The zero-order chi connectivity index (χ0) is 13.3. The minimum absolute atomic E-state index is 0.113. The summed E-state index contributed by atoms with van der Waals surface area (Å²) in [5.74, 6) is 0. The summed E-state index contributed by atoms with van der Waals surface area (Å²) >= 11 is 0. The molecule has 0 heterocycles. The first-order valence-electron chi connectivity index (χ1n) is 6.22. The van der Waals surface area contributed by atoms with Crippen LogP contribution in [0.1, 0.15) is 41.0 Å². The molecule has 0 saturated heterocycles. The van der Waals surface area contributed by atoms with E-state index in [1.54, 1.807) is 0 Å². The van der Waals surface area contributed by atoms with Crippen LogP contribution in [0.5, 0.6) is 0 Å². The summed E-state index contributed by atoms with van der Waals surface area (Å²) in [4.78, 5) is 0. The Hall–Kier alpha value is -0.630. The third-order valence-electron chi connectivity index (χ3n) is 2.00. The van der Waals surface area contributed by atoms with Gasteiger partial charge in [-0.2, -0.15) is 5.26 Å². The molecule has 0 aliphatic rings. The van der Waals surface area contributed by atoms with Gasteiger partial charge >= 0.3 is 0 Å². The Kier molecular flexibility index (Phi) is 8.15. The van der Waals surface area contributed by atoms with E-state index in [1.807, 2.05) is 34.6 Å². The lowest BCUT2D eigenvalue weighted by Crippen LogP contribution is -2.34. The van der Waals surface area contributed by atoms with Crippen molar-refractivity contribution < 1.29 is 9.47 Å². The molecule has 0 aliphatic heterocycles. The number of nitrogens with one attached hydrogen (secondary N) is 1. The fraction of sp³-hybridized carbons (Fsp3) is 0.923. The summed E-state index contributed by atoms with van der Waals surface area (Å²) < 4.78 is 10.9. The molecule has 0 aliphatic carbocycles. The van der Waals surface area contributed by atoms with Crippen molar-refractivity contribution in [3.8, 4) is 6.07 Å². The average Bonchev–Trinajstić information content (AvgIpc) is 2.19. The Morgan fingerprint density at radius 1 is 1.18 bits per heavy atom. The lowest BCUT2D eigenvalue weighted by molar-refractivity contribution is -0.0353. The first-order chi connectivity index (χ1) is 7.85. The van der Waals surface area contributed by atoms with Gasteiger partial charge < -0.3 is 9.47 Å². The minimum Gasteiger partial charge on any atom is -0.379 e. The van der Waals surface area contributed by atoms with E-state index in [4.69, 9.17) is 14.7 Å². The van der Waals surface area contributed by atoms with Crippen LogP contribution in [0, 0.1) is 11.3 Å². The smallest absolute Gasteiger partial charge is 0.0976 e. The van der Waals surface area contributed by atoms with Gasteiger partial charge in [0.2, 0.25) is 0 Å². The van der Waals surface area contributed by atoms with Crippen LogP contribution in [0.15, 0.2) is 0 Å². The van der Waals surface area contributed by atoms with Gasteiger partial charge in [0.05, 0.1) is 30.9 Å². The second kappa shape index (κ2) is 8.46. The molecular formula is C13H26N2O2. The van der Waals surface area contributed by atoms with Crippen LogP contribution in [-0.2, 0) is 9.47 Å². The Labute approximate surface area is 105 Å². The third-order valence-corrected chi connectivity index (χ3v) is 2.00. The van der Waals surface area contributed by atoms with Gasteiger partial charge in [-0.1, -0.05) is 0 Å². The van der Waals surface area contributed by atoms with Gasteiger partial charge in [0.25, 0.3) is 0 Å². The molecule has 100 valence electrons. The fourth-order valence-electron chi connectivity index (χ4n) is 1.30. The summed E-state index contributed by atoms with van der Waals surface area (Å²) in [6.07, 6.45) is 0.712. The predicted octanol–water partition coefficient (Wildman–Crippen LogP) is 2.10. The average molecular weight is 242 g/mol. The highest BCUT2D eigenvalue weighted by Crippen LogP contribution is 2.05. The molecule has 0 rings (SSSR count). The zero-order valence-corrected chi connectivity index (χ0v) is 11.7. The lowest BCUT2D eigenvalue weighted by Gasteiger charge is -2.19. The van der Waals surface area contributed by atoms with Gasteiger partial charge in [-0.15, -0.1) is 0 Å². The van der Waals surface area contributed by atoms with E-state index in [1.165, 1.54) is 0 Å². The largest absolute Gasteiger partial charge is 0.379 e. The molecule has 1 unspecified atom stereocenters. The van der Waals surface area contributed by atoms with Crippen molar-refractivity contribution in [3.05, 3.63) is 0 Å². The zero-order valence-electron chi connectivity index (χ0n) is 11.7. The summed E-state index contributed by atoms with van der Waals surface area (Å²) in [5, 5.41) is 12.1. The van der Waals surface area contributed by atoms with Gasteiger partial charge in [0.15, 0.2) is 0 Å². The van der Waals surface area contributed by atoms with E-state index in [-0.39, 0.29) is 11.6 Å². The van der Waals surface area contributed by atoms with Crippen molar-refractivity contribution in [1.82, 2.24) is 5.32 Å². The molecule has 0 aromatic heterocycles. The molecule has 0 aromatic rings. The summed E-state index contributed by atoms with van der Waals surface area (Å²) in [7, 11) is 0. The summed E-state index contributed by atoms with van der Waals surface area (Å²) in [6, 6.07) is 2.42. The predicted molar refractivity (Wildman–Crippen MR) is 68.8 cm³/mol. The highest BCUT2D eigenvalue weighted by molar-refractivity contribution is 4.90. The minimum atomic E-state index is -0.126. The first kappa shape index (κ1) is 16.4. The number of hydrogen-bond donors (Lipinski definition) is 1. The van der Waals surface area contributed by atoms with Crippen LogP contribution in [0.4, 0.5) is 0 Å². The number of nitrogens with zero attached hydrogens (tertiary/aromatic N) is 1. The van der Waals surface area contributed by atoms with Crippen LogP contribution >= 0.6 is 0 Å². The second-order valence-corrected chi connectivity index (χ2v) is 5.36.